The number of hydrogen-bond acceptors (Lipinski definition) is 2. The van der Waals surface area contributed by atoms with Gasteiger partial charge in [0, 0.05) is 29.9 Å². The first-order valence-corrected chi connectivity index (χ1v) is 13.0. The van der Waals surface area contributed by atoms with Crippen molar-refractivity contribution in [3.63, 3.8) is 0 Å². The summed E-state index contributed by atoms with van der Waals surface area (Å²) in [5.74, 6) is 3.84. The third kappa shape index (κ3) is 3.55. The lowest BCUT2D eigenvalue weighted by atomic mass is 9.72. The summed E-state index contributed by atoms with van der Waals surface area (Å²) in [5.41, 5.74) is 1.82. The van der Waals surface area contributed by atoms with Gasteiger partial charge in [0.15, 0.2) is 0 Å². The van der Waals surface area contributed by atoms with E-state index in [-0.39, 0.29) is 5.60 Å². The molecule has 2 heterocycles. The number of ether oxygens (including phenoxy) is 2. The van der Waals surface area contributed by atoms with E-state index in [1.54, 1.807) is 7.11 Å². The Morgan fingerprint density at radius 1 is 1.10 bits per heavy atom. The van der Waals surface area contributed by atoms with Crippen LogP contribution in [0.3, 0.4) is 0 Å². The molecule has 6 atom stereocenters. The summed E-state index contributed by atoms with van der Waals surface area (Å²) in [4.78, 5) is 0. The topological polar surface area (TPSA) is 18.5 Å². The van der Waals surface area contributed by atoms with Crippen molar-refractivity contribution in [2.24, 2.45) is 23.7 Å². The number of benzene rings is 1. The average molecular weight is 429 g/mol. The van der Waals surface area contributed by atoms with Crippen molar-refractivity contribution in [1.29, 1.82) is 0 Å². The molecule has 3 fully saturated rings. The summed E-state index contributed by atoms with van der Waals surface area (Å²) in [6.07, 6.45) is 7.87. The fourth-order valence-corrected chi connectivity index (χ4v) is 8.22. The van der Waals surface area contributed by atoms with Gasteiger partial charge in [-0.15, -0.1) is 0 Å². The van der Waals surface area contributed by atoms with Gasteiger partial charge in [-0.3, -0.25) is 0 Å². The lowest BCUT2D eigenvalue weighted by Crippen LogP contribution is -2.57. The zero-order chi connectivity index (χ0) is 22.3. The maximum atomic E-state index is 7.03. The lowest BCUT2D eigenvalue weighted by Gasteiger charge is -2.43. The van der Waals surface area contributed by atoms with Crippen LogP contribution >= 0.6 is 0 Å². The first kappa shape index (κ1) is 23.1. The second-order valence-electron chi connectivity index (χ2n) is 11.5. The first-order chi connectivity index (χ1) is 14.8. The number of hydrogen-bond donors (Lipinski definition) is 0. The Labute approximate surface area is 191 Å². The Morgan fingerprint density at radius 2 is 1.84 bits per heavy atom. The van der Waals surface area contributed by atoms with E-state index < -0.39 is 0 Å². The molecular weight excluding hydrogens is 382 g/mol. The molecule has 0 N–H and O–H groups in total. The molecule has 2 aliphatic heterocycles. The van der Waals surface area contributed by atoms with E-state index in [0.717, 1.165) is 30.7 Å². The molecule has 3 aliphatic rings. The van der Waals surface area contributed by atoms with E-state index in [1.807, 2.05) is 0 Å². The molecule has 2 saturated heterocycles. The van der Waals surface area contributed by atoms with Crippen molar-refractivity contribution < 1.29 is 14.0 Å². The Kier molecular flexibility index (Phi) is 6.49. The van der Waals surface area contributed by atoms with E-state index in [1.165, 1.54) is 61.7 Å². The highest BCUT2D eigenvalue weighted by Crippen LogP contribution is 2.67. The number of methoxy groups -OCH3 is 1. The monoisotopic (exact) mass is 428 g/mol. The third-order valence-corrected chi connectivity index (χ3v) is 9.70. The van der Waals surface area contributed by atoms with Gasteiger partial charge in [-0.25, -0.2) is 0 Å². The predicted octanol–water partition coefficient (Wildman–Crippen LogP) is 6.45. The summed E-state index contributed by atoms with van der Waals surface area (Å²) in [5, 5.41) is 0. The molecule has 0 aromatic heterocycles. The summed E-state index contributed by atoms with van der Waals surface area (Å²) in [6, 6.07) is 8.85. The molecule has 0 unspecified atom stereocenters. The Balaban J connectivity index is 1.65. The van der Waals surface area contributed by atoms with Gasteiger partial charge in [-0.1, -0.05) is 47.0 Å². The normalized spacial score (nSPS) is 38.7. The molecule has 0 amide bonds. The molecule has 0 spiro atoms. The van der Waals surface area contributed by atoms with E-state index in [4.69, 9.17) is 9.47 Å². The minimum atomic E-state index is 0.0301. The van der Waals surface area contributed by atoms with Crippen LogP contribution in [-0.4, -0.2) is 42.4 Å². The highest BCUT2D eigenvalue weighted by atomic mass is 16.5. The third-order valence-electron chi connectivity index (χ3n) is 9.70. The van der Waals surface area contributed by atoms with Crippen molar-refractivity contribution in [2.45, 2.75) is 90.8 Å². The molecule has 1 saturated carbocycles. The number of rotatable bonds is 10. The zero-order valence-corrected chi connectivity index (χ0v) is 21.0. The highest BCUT2D eigenvalue weighted by Gasteiger charge is 2.78. The molecule has 0 radical (unpaired) electrons. The van der Waals surface area contributed by atoms with Crippen LogP contribution in [0.1, 0.15) is 78.7 Å². The van der Waals surface area contributed by atoms with Gasteiger partial charge in [0.05, 0.1) is 13.7 Å². The largest absolute Gasteiger partial charge is 0.497 e. The van der Waals surface area contributed by atoms with E-state index in [2.05, 4.69) is 58.9 Å². The van der Waals surface area contributed by atoms with Crippen LogP contribution in [0.5, 0.6) is 5.75 Å². The Bertz CT molecular complexity index is 746. The summed E-state index contributed by atoms with van der Waals surface area (Å²) in [7, 11) is 1.75. The van der Waals surface area contributed by atoms with Crippen LogP contribution in [0.2, 0.25) is 0 Å². The molecule has 1 aromatic rings. The van der Waals surface area contributed by atoms with Crippen molar-refractivity contribution in [3.05, 3.63) is 29.8 Å². The summed E-state index contributed by atoms with van der Waals surface area (Å²) < 4.78 is 13.7. The van der Waals surface area contributed by atoms with E-state index >= 15 is 0 Å². The Morgan fingerprint density at radius 3 is 2.48 bits per heavy atom. The average Bonchev–Trinajstić information content (AvgIpc) is 3.28. The number of unbranched alkanes of at least 4 members (excludes halogenated alkanes) is 3. The van der Waals surface area contributed by atoms with Crippen molar-refractivity contribution in [3.8, 4) is 5.75 Å². The van der Waals surface area contributed by atoms with Crippen LogP contribution in [0, 0.1) is 23.7 Å². The number of nitrogens with zero attached hydrogens (tertiary/aromatic N) is 1. The molecule has 3 nitrogen and oxygen atoms in total. The van der Waals surface area contributed by atoms with Gasteiger partial charge in [-0.2, -0.15) is 0 Å². The molecule has 1 aliphatic carbocycles. The van der Waals surface area contributed by atoms with Crippen molar-refractivity contribution in [2.75, 3.05) is 26.8 Å². The maximum absolute atomic E-state index is 7.03. The van der Waals surface area contributed by atoms with Crippen LogP contribution in [0.4, 0.5) is 0 Å². The second-order valence-corrected chi connectivity index (χ2v) is 11.5. The fourth-order valence-electron chi connectivity index (χ4n) is 8.22. The standard InChI is InChI=1S/C28H46NO2/c1-7-8-9-10-17-31-28(21(2)3)20-29(19-23-11-13-24(30-6)14-12-23)18-22(4)25-15-16-26(28)27(25,29)5/h11-14,21-22,25-26H,7-10,15-20H2,1-6H3/q+1/t22-,25+,26+,27-,28+,29-/m1/s1. The highest BCUT2D eigenvalue weighted by molar-refractivity contribution is 5.27. The summed E-state index contributed by atoms with van der Waals surface area (Å²) in [6.45, 7) is 16.9. The van der Waals surface area contributed by atoms with Gasteiger partial charge in [-0.05, 0) is 56.4 Å². The SMILES string of the molecule is CCCCCCO[C@]1(C(C)C)C[N@+]2(Cc3ccc(OC)cc3)C[C@@H](C)[C@@H]3CC[C@H]1[C@@]32C. The summed E-state index contributed by atoms with van der Waals surface area (Å²) >= 11 is 0. The smallest absolute Gasteiger partial charge is 0.128 e. The van der Waals surface area contributed by atoms with Gasteiger partial charge in [0.25, 0.3) is 0 Å². The minimum Gasteiger partial charge on any atom is -0.497 e. The minimum absolute atomic E-state index is 0.0301. The van der Waals surface area contributed by atoms with Gasteiger partial charge in [0.1, 0.15) is 30.0 Å². The quantitative estimate of drug-likeness (QED) is 0.315. The fraction of sp³-hybridized carbons (Fsp3) is 0.786. The number of quaternary nitrogens is 1. The predicted molar refractivity (Wildman–Crippen MR) is 128 cm³/mol. The van der Waals surface area contributed by atoms with Gasteiger partial charge < -0.3 is 14.0 Å². The first-order valence-electron chi connectivity index (χ1n) is 13.0. The van der Waals surface area contributed by atoms with Crippen LogP contribution in [-0.2, 0) is 11.3 Å². The van der Waals surface area contributed by atoms with E-state index in [0.29, 0.717) is 17.4 Å². The molecule has 0 bridgehead atoms. The molecule has 1 aromatic carbocycles. The van der Waals surface area contributed by atoms with E-state index in [9.17, 15) is 0 Å². The molecule has 4 rings (SSSR count). The molecule has 31 heavy (non-hydrogen) atoms. The van der Waals surface area contributed by atoms with Gasteiger partial charge >= 0.3 is 0 Å². The Hall–Kier alpha value is -1.06. The lowest BCUT2D eigenvalue weighted by molar-refractivity contribution is -0.968. The van der Waals surface area contributed by atoms with Crippen LogP contribution in [0.25, 0.3) is 0 Å². The molecular formula is C28H46NO2+. The maximum Gasteiger partial charge on any atom is 0.128 e. The van der Waals surface area contributed by atoms with Crippen molar-refractivity contribution in [1.82, 2.24) is 0 Å². The molecule has 3 heteroatoms. The second kappa shape index (κ2) is 8.71. The van der Waals surface area contributed by atoms with Crippen LogP contribution < -0.4 is 4.74 Å². The molecule has 174 valence electrons. The zero-order valence-electron chi connectivity index (χ0n) is 21.0. The van der Waals surface area contributed by atoms with Gasteiger partial charge in [0.2, 0.25) is 0 Å². The van der Waals surface area contributed by atoms with Crippen LogP contribution in [0.15, 0.2) is 24.3 Å². The van der Waals surface area contributed by atoms with Crippen molar-refractivity contribution >= 4 is 0 Å².